The Morgan fingerprint density at radius 1 is 1.92 bits per heavy atom. The lowest BCUT2D eigenvalue weighted by Crippen LogP contribution is -2.28. The number of hydrazine groups is 1. The van der Waals surface area contributed by atoms with E-state index in [2.05, 4.69) is 0 Å². The topological polar surface area (TPSA) is 66.6 Å². The van der Waals surface area contributed by atoms with Crippen molar-refractivity contribution in [1.29, 1.82) is 0 Å². The van der Waals surface area contributed by atoms with Crippen LogP contribution in [0.3, 0.4) is 0 Å². The van der Waals surface area contributed by atoms with E-state index in [9.17, 15) is 4.79 Å². The maximum absolute atomic E-state index is 10.4. The highest BCUT2D eigenvalue weighted by Crippen LogP contribution is 2.36. The SMILES string of the molecule is CC(CC(=O)O)C1=CN(N)[C@H](C)S1. The molecule has 0 radical (unpaired) electrons. The minimum Gasteiger partial charge on any atom is -0.481 e. The molecule has 13 heavy (non-hydrogen) atoms. The summed E-state index contributed by atoms with van der Waals surface area (Å²) in [6.45, 7) is 3.89. The Bertz CT molecular complexity index is 242. The Kier molecular flexibility index (Phi) is 3.22. The van der Waals surface area contributed by atoms with Gasteiger partial charge >= 0.3 is 5.97 Å². The van der Waals surface area contributed by atoms with Crippen LogP contribution < -0.4 is 5.84 Å². The zero-order valence-electron chi connectivity index (χ0n) is 7.73. The first kappa shape index (κ1) is 10.4. The molecule has 0 fully saturated rings. The van der Waals surface area contributed by atoms with Crippen molar-refractivity contribution in [2.45, 2.75) is 25.6 Å². The third-order valence-corrected chi connectivity index (χ3v) is 3.33. The first-order chi connectivity index (χ1) is 6.00. The van der Waals surface area contributed by atoms with Crippen LogP contribution in [0.1, 0.15) is 20.3 Å². The molecule has 0 aliphatic carbocycles. The van der Waals surface area contributed by atoms with Crippen LogP contribution in [0.15, 0.2) is 11.1 Å². The summed E-state index contributed by atoms with van der Waals surface area (Å²) in [7, 11) is 0. The number of aliphatic carboxylic acids is 1. The van der Waals surface area contributed by atoms with Crippen LogP contribution in [0.2, 0.25) is 0 Å². The number of thioether (sulfide) groups is 1. The second-order valence-electron chi connectivity index (χ2n) is 3.19. The zero-order chi connectivity index (χ0) is 10.0. The molecule has 1 unspecified atom stereocenters. The maximum atomic E-state index is 10.4. The summed E-state index contributed by atoms with van der Waals surface area (Å²) in [5.74, 6) is 4.91. The highest BCUT2D eigenvalue weighted by Gasteiger charge is 2.23. The summed E-state index contributed by atoms with van der Waals surface area (Å²) in [4.78, 5) is 11.5. The van der Waals surface area contributed by atoms with Gasteiger partial charge in [-0.05, 0) is 12.8 Å². The van der Waals surface area contributed by atoms with E-state index in [1.54, 1.807) is 16.8 Å². The summed E-state index contributed by atoms with van der Waals surface area (Å²) in [5, 5.41) is 10.4. The number of allylic oxidation sites excluding steroid dienone is 1. The fourth-order valence-electron chi connectivity index (χ4n) is 1.15. The first-order valence-electron chi connectivity index (χ1n) is 4.14. The quantitative estimate of drug-likeness (QED) is 0.673. The number of nitrogens with zero attached hydrogens (tertiary/aromatic N) is 1. The van der Waals surface area contributed by atoms with Gasteiger partial charge in [0.25, 0.3) is 0 Å². The standard InChI is InChI=1S/C8H14N2O2S/c1-5(3-8(11)12)7-4-10(9)6(2)13-7/h4-6H,3,9H2,1-2H3,(H,11,12)/t5?,6-/m0/s1. The Labute approximate surface area is 81.7 Å². The Morgan fingerprint density at radius 3 is 2.92 bits per heavy atom. The van der Waals surface area contributed by atoms with E-state index in [-0.39, 0.29) is 17.7 Å². The molecule has 1 rings (SSSR count). The van der Waals surface area contributed by atoms with Crippen LogP contribution in [-0.2, 0) is 4.79 Å². The van der Waals surface area contributed by atoms with Gasteiger partial charge in [0.05, 0.1) is 11.8 Å². The molecule has 1 aliphatic rings. The van der Waals surface area contributed by atoms with Crippen molar-refractivity contribution in [2.75, 3.05) is 0 Å². The van der Waals surface area contributed by atoms with Crippen LogP contribution in [0, 0.1) is 5.92 Å². The van der Waals surface area contributed by atoms with E-state index >= 15 is 0 Å². The van der Waals surface area contributed by atoms with Crippen LogP contribution >= 0.6 is 11.8 Å². The Morgan fingerprint density at radius 2 is 2.54 bits per heavy atom. The molecule has 4 nitrogen and oxygen atoms in total. The van der Waals surface area contributed by atoms with Crippen LogP contribution in [0.5, 0.6) is 0 Å². The normalized spacial score (nSPS) is 24.4. The molecule has 2 atom stereocenters. The lowest BCUT2D eigenvalue weighted by atomic mass is 10.1. The Balaban J connectivity index is 2.54. The summed E-state index contributed by atoms with van der Waals surface area (Å²) in [6, 6.07) is 0. The van der Waals surface area contributed by atoms with Crippen molar-refractivity contribution >= 4 is 17.7 Å². The zero-order valence-corrected chi connectivity index (χ0v) is 8.54. The van der Waals surface area contributed by atoms with Gasteiger partial charge in [-0.3, -0.25) is 4.79 Å². The highest BCUT2D eigenvalue weighted by atomic mass is 32.2. The average molecular weight is 202 g/mol. The van der Waals surface area contributed by atoms with Crippen molar-refractivity contribution in [1.82, 2.24) is 5.01 Å². The molecule has 0 spiro atoms. The minimum atomic E-state index is -0.767. The average Bonchev–Trinajstić information content (AvgIpc) is 2.31. The molecule has 0 saturated carbocycles. The summed E-state index contributed by atoms with van der Waals surface area (Å²) < 4.78 is 0. The molecule has 1 aliphatic heterocycles. The third kappa shape index (κ3) is 2.63. The van der Waals surface area contributed by atoms with E-state index in [1.807, 2.05) is 20.0 Å². The van der Waals surface area contributed by atoms with Crippen LogP contribution in [0.4, 0.5) is 0 Å². The number of hydrogen-bond donors (Lipinski definition) is 2. The third-order valence-electron chi connectivity index (χ3n) is 1.97. The Hall–Kier alpha value is -0.680. The van der Waals surface area contributed by atoms with Gasteiger partial charge in [0, 0.05) is 11.1 Å². The molecule has 3 N–H and O–H groups in total. The maximum Gasteiger partial charge on any atom is 0.303 e. The van der Waals surface area contributed by atoms with Gasteiger partial charge < -0.3 is 10.1 Å². The monoisotopic (exact) mass is 202 g/mol. The van der Waals surface area contributed by atoms with Gasteiger partial charge in [0.2, 0.25) is 0 Å². The van der Waals surface area contributed by atoms with Gasteiger partial charge in [-0.15, -0.1) is 11.8 Å². The van der Waals surface area contributed by atoms with E-state index in [0.29, 0.717) is 0 Å². The lowest BCUT2D eigenvalue weighted by molar-refractivity contribution is -0.137. The van der Waals surface area contributed by atoms with E-state index in [0.717, 1.165) is 4.91 Å². The molecule has 1 heterocycles. The van der Waals surface area contributed by atoms with Crippen molar-refractivity contribution in [3.05, 3.63) is 11.1 Å². The minimum absolute atomic E-state index is 0.0542. The fourth-order valence-corrected chi connectivity index (χ4v) is 2.22. The van der Waals surface area contributed by atoms with E-state index < -0.39 is 5.97 Å². The van der Waals surface area contributed by atoms with Gasteiger partial charge in [0.15, 0.2) is 0 Å². The molecule has 74 valence electrons. The smallest absolute Gasteiger partial charge is 0.303 e. The number of rotatable bonds is 3. The first-order valence-corrected chi connectivity index (χ1v) is 5.02. The molecule has 0 aromatic heterocycles. The molecule has 0 aromatic carbocycles. The van der Waals surface area contributed by atoms with Gasteiger partial charge in [-0.25, -0.2) is 5.84 Å². The number of nitrogens with two attached hydrogens (primary N) is 1. The molecule has 5 heteroatoms. The van der Waals surface area contributed by atoms with Crippen molar-refractivity contribution in [3.63, 3.8) is 0 Å². The summed E-state index contributed by atoms with van der Waals surface area (Å²) >= 11 is 1.62. The molecular weight excluding hydrogens is 188 g/mol. The molecule has 0 bridgehead atoms. The summed E-state index contributed by atoms with van der Waals surface area (Å²) in [6.07, 6.45) is 1.99. The largest absolute Gasteiger partial charge is 0.481 e. The van der Waals surface area contributed by atoms with Gasteiger partial charge in [0.1, 0.15) is 0 Å². The second kappa shape index (κ2) is 4.02. The van der Waals surface area contributed by atoms with Crippen LogP contribution in [-0.4, -0.2) is 21.5 Å². The number of carboxylic acids is 1. The highest BCUT2D eigenvalue weighted by molar-refractivity contribution is 8.03. The van der Waals surface area contributed by atoms with Crippen molar-refractivity contribution in [2.24, 2.45) is 11.8 Å². The molecular formula is C8H14N2O2S. The number of carbonyl (C=O) groups is 1. The van der Waals surface area contributed by atoms with E-state index in [4.69, 9.17) is 10.9 Å². The van der Waals surface area contributed by atoms with Gasteiger partial charge in [-0.1, -0.05) is 6.92 Å². The molecule has 0 saturated heterocycles. The summed E-state index contributed by atoms with van der Waals surface area (Å²) in [5.41, 5.74) is 0. The predicted octanol–water partition coefficient (Wildman–Crippen LogP) is 1.21. The molecule has 0 amide bonds. The lowest BCUT2D eigenvalue weighted by Gasteiger charge is -2.13. The molecule has 0 aromatic rings. The fraction of sp³-hybridized carbons (Fsp3) is 0.625. The number of carboxylic acid groups (broad SMARTS) is 1. The predicted molar refractivity (Wildman–Crippen MR) is 52.6 cm³/mol. The van der Waals surface area contributed by atoms with Crippen molar-refractivity contribution in [3.8, 4) is 0 Å². The number of hydrogen-bond acceptors (Lipinski definition) is 4. The van der Waals surface area contributed by atoms with Crippen LogP contribution in [0.25, 0.3) is 0 Å². The van der Waals surface area contributed by atoms with E-state index in [1.165, 1.54) is 0 Å². The second-order valence-corrected chi connectivity index (χ2v) is 4.58. The van der Waals surface area contributed by atoms with Gasteiger partial charge in [-0.2, -0.15) is 0 Å². The van der Waals surface area contributed by atoms with Crippen molar-refractivity contribution < 1.29 is 9.90 Å².